The Morgan fingerprint density at radius 2 is 1.47 bits per heavy atom. The number of benzene rings is 2. The number of pyridine rings is 2. The van der Waals surface area contributed by atoms with Crippen LogP contribution in [0.3, 0.4) is 0 Å². The minimum Gasteiger partial charge on any atom is -0.264 e. The molecule has 2 nitrogen and oxygen atoms in total. The molecule has 0 N–H and O–H groups in total. The molecule has 3 atom stereocenters. The third-order valence-electron chi connectivity index (χ3n) is 9.56. The van der Waals surface area contributed by atoms with E-state index >= 15 is 0 Å². The second kappa shape index (κ2) is 10.8. The van der Waals surface area contributed by atoms with E-state index in [1.54, 1.807) is 0 Å². The highest BCUT2D eigenvalue weighted by Gasteiger charge is 2.34. The highest BCUT2D eigenvalue weighted by Crippen LogP contribution is 2.45. The van der Waals surface area contributed by atoms with Crippen LogP contribution in [0.25, 0.3) is 28.3 Å². The van der Waals surface area contributed by atoms with Crippen molar-refractivity contribution in [2.45, 2.75) is 32.1 Å². The van der Waals surface area contributed by atoms with Crippen molar-refractivity contribution in [1.29, 1.82) is 0 Å². The van der Waals surface area contributed by atoms with Gasteiger partial charge in [-0.05, 0) is 87.7 Å². The number of hydrogen-bond acceptors (Lipinski definition) is 2. The zero-order valence-corrected chi connectivity index (χ0v) is 24.4. The summed E-state index contributed by atoms with van der Waals surface area (Å²) in [7, 11) is 0. The molecule has 2 aromatic heterocycles. The van der Waals surface area contributed by atoms with Crippen molar-refractivity contribution in [1.82, 2.24) is 9.97 Å². The van der Waals surface area contributed by atoms with E-state index in [-0.39, 0.29) is 5.92 Å². The molecule has 208 valence electrons. The summed E-state index contributed by atoms with van der Waals surface area (Å²) in [6, 6.07) is 22.4. The molecular weight excluding hydrogens is 520 g/mol. The van der Waals surface area contributed by atoms with E-state index in [4.69, 9.17) is 0 Å². The smallest absolute Gasteiger partial charge is 0.0347 e. The van der Waals surface area contributed by atoms with Crippen LogP contribution >= 0.6 is 0 Å². The van der Waals surface area contributed by atoms with Gasteiger partial charge < -0.3 is 0 Å². The van der Waals surface area contributed by atoms with Gasteiger partial charge in [-0.1, -0.05) is 103 Å². The second-order valence-corrected chi connectivity index (χ2v) is 12.2. The van der Waals surface area contributed by atoms with Crippen molar-refractivity contribution in [3.05, 3.63) is 172 Å². The molecule has 0 radical (unpaired) electrons. The zero-order chi connectivity index (χ0) is 28.8. The molecule has 2 heterocycles. The fourth-order valence-electron chi connectivity index (χ4n) is 7.52. The van der Waals surface area contributed by atoms with Crippen molar-refractivity contribution in [2.24, 2.45) is 11.8 Å². The lowest BCUT2D eigenvalue weighted by molar-refractivity contribution is 0.669. The van der Waals surface area contributed by atoms with Gasteiger partial charge in [0, 0.05) is 53.7 Å². The van der Waals surface area contributed by atoms with Crippen LogP contribution in [-0.2, 0) is 6.42 Å². The standard InChI is InChI=1S/C41H34N2/c1-27-15-16-28-17-18-31(22-33(28)20-27)41-38-13-4-2-11-36(38)40(37-12-3-5-14-39(37)41)30-9-6-8-29(21-30)34-23-35(26-43-25-34)32-10-7-19-42-24-32/h2-16,19-20,22-26,29,36,38H,17-18,21H2,1H3. The molecule has 4 aromatic rings. The van der Waals surface area contributed by atoms with Gasteiger partial charge in [0.15, 0.2) is 0 Å². The summed E-state index contributed by atoms with van der Waals surface area (Å²) >= 11 is 0. The van der Waals surface area contributed by atoms with Gasteiger partial charge in [0.05, 0.1) is 0 Å². The van der Waals surface area contributed by atoms with Gasteiger partial charge in [0.1, 0.15) is 0 Å². The van der Waals surface area contributed by atoms with E-state index < -0.39 is 0 Å². The molecule has 2 heteroatoms. The fourth-order valence-corrected chi connectivity index (χ4v) is 7.52. The van der Waals surface area contributed by atoms with Gasteiger partial charge >= 0.3 is 0 Å². The van der Waals surface area contributed by atoms with E-state index in [0.29, 0.717) is 11.8 Å². The average molecular weight is 555 g/mol. The summed E-state index contributed by atoms with van der Waals surface area (Å²) < 4.78 is 0. The van der Waals surface area contributed by atoms with Crippen molar-refractivity contribution in [2.75, 3.05) is 0 Å². The summed E-state index contributed by atoms with van der Waals surface area (Å²) in [6.07, 6.45) is 29.7. The first-order valence-corrected chi connectivity index (χ1v) is 15.4. The maximum absolute atomic E-state index is 4.64. The van der Waals surface area contributed by atoms with E-state index in [1.807, 2.05) is 30.9 Å². The van der Waals surface area contributed by atoms with Gasteiger partial charge in [0.2, 0.25) is 0 Å². The van der Waals surface area contributed by atoms with E-state index in [1.165, 1.54) is 55.0 Å². The number of nitrogens with zero attached hydrogens (tertiary/aromatic N) is 2. The number of hydrogen-bond donors (Lipinski definition) is 0. The SMILES string of the molecule is Cc1ccc2c(c1)C=C(C1=c3ccccc3=C(C3=CC=CC(c4cncc(-c5cccnc5)c4)C3)C3C=CC=CC13)CC2. The molecule has 4 aliphatic carbocycles. The Morgan fingerprint density at radius 1 is 0.674 bits per heavy atom. The normalized spacial score (nSPS) is 21.9. The highest BCUT2D eigenvalue weighted by molar-refractivity contribution is 5.85. The Labute approximate surface area is 253 Å². The van der Waals surface area contributed by atoms with Crippen LogP contribution in [0.4, 0.5) is 0 Å². The van der Waals surface area contributed by atoms with Crippen molar-refractivity contribution in [3.63, 3.8) is 0 Å². The largest absolute Gasteiger partial charge is 0.264 e. The first-order chi connectivity index (χ1) is 21.2. The van der Waals surface area contributed by atoms with Crippen molar-refractivity contribution < 1.29 is 0 Å². The number of rotatable bonds is 4. The summed E-state index contributed by atoms with van der Waals surface area (Å²) in [6.45, 7) is 2.20. The van der Waals surface area contributed by atoms with E-state index in [9.17, 15) is 0 Å². The molecule has 3 unspecified atom stereocenters. The van der Waals surface area contributed by atoms with Gasteiger partial charge in [0.25, 0.3) is 0 Å². The topological polar surface area (TPSA) is 25.8 Å². The molecule has 2 aromatic carbocycles. The lowest BCUT2D eigenvalue weighted by Gasteiger charge is -2.36. The molecule has 0 bridgehead atoms. The lowest BCUT2D eigenvalue weighted by Crippen LogP contribution is -2.41. The van der Waals surface area contributed by atoms with Crippen molar-refractivity contribution >= 4 is 17.2 Å². The van der Waals surface area contributed by atoms with Crippen LogP contribution in [-0.4, -0.2) is 9.97 Å². The minimum atomic E-state index is 0.275. The quantitative estimate of drug-likeness (QED) is 0.257. The van der Waals surface area contributed by atoms with Crippen LogP contribution in [0.1, 0.15) is 41.0 Å². The van der Waals surface area contributed by atoms with Crippen LogP contribution in [0.5, 0.6) is 0 Å². The number of fused-ring (bicyclic) bond motifs is 3. The molecule has 4 aliphatic rings. The molecular formula is C41H34N2. The van der Waals surface area contributed by atoms with Crippen molar-refractivity contribution in [3.8, 4) is 11.1 Å². The molecule has 0 aliphatic heterocycles. The minimum absolute atomic E-state index is 0.275. The molecule has 0 saturated heterocycles. The summed E-state index contributed by atoms with van der Waals surface area (Å²) in [5, 5.41) is 2.78. The first-order valence-electron chi connectivity index (χ1n) is 15.4. The molecule has 0 fully saturated rings. The number of aryl methyl sites for hydroxylation is 2. The Bertz CT molecular complexity index is 2020. The van der Waals surface area contributed by atoms with Gasteiger partial charge in [-0.2, -0.15) is 0 Å². The molecule has 43 heavy (non-hydrogen) atoms. The fraction of sp³-hybridized carbons (Fsp3) is 0.171. The zero-order valence-electron chi connectivity index (χ0n) is 24.4. The monoisotopic (exact) mass is 554 g/mol. The third kappa shape index (κ3) is 4.68. The molecule has 8 rings (SSSR count). The Balaban J connectivity index is 1.25. The second-order valence-electron chi connectivity index (χ2n) is 12.2. The highest BCUT2D eigenvalue weighted by atomic mass is 14.6. The Kier molecular flexibility index (Phi) is 6.48. The predicted octanol–water partition coefficient (Wildman–Crippen LogP) is 7.83. The number of aromatic nitrogens is 2. The van der Waals surface area contributed by atoms with Crippen LogP contribution in [0.2, 0.25) is 0 Å². The Morgan fingerprint density at radius 3 is 2.26 bits per heavy atom. The van der Waals surface area contributed by atoms with Gasteiger partial charge in [-0.15, -0.1) is 0 Å². The maximum Gasteiger partial charge on any atom is 0.0347 e. The summed E-state index contributed by atoms with van der Waals surface area (Å²) in [5.74, 6) is 0.915. The number of allylic oxidation sites excluding steroid dienone is 9. The van der Waals surface area contributed by atoms with Crippen LogP contribution in [0.15, 0.2) is 139 Å². The summed E-state index contributed by atoms with van der Waals surface area (Å²) in [4.78, 5) is 8.96. The third-order valence-corrected chi connectivity index (χ3v) is 9.56. The van der Waals surface area contributed by atoms with Gasteiger partial charge in [-0.3, -0.25) is 9.97 Å². The predicted molar refractivity (Wildman–Crippen MR) is 177 cm³/mol. The van der Waals surface area contributed by atoms with Crippen LogP contribution in [0, 0.1) is 18.8 Å². The maximum atomic E-state index is 4.64. The molecule has 0 spiro atoms. The molecule has 0 amide bonds. The first kappa shape index (κ1) is 25.9. The summed E-state index contributed by atoms with van der Waals surface area (Å²) in [5.41, 5.74) is 13.5. The lowest BCUT2D eigenvalue weighted by atomic mass is 9.67. The molecule has 0 saturated carbocycles. The van der Waals surface area contributed by atoms with E-state index in [2.05, 4.69) is 120 Å². The van der Waals surface area contributed by atoms with Crippen LogP contribution < -0.4 is 10.4 Å². The Hall–Kier alpha value is -4.82. The van der Waals surface area contributed by atoms with E-state index in [0.717, 1.165) is 30.4 Å². The average Bonchev–Trinajstić information content (AvgIpc) is 3.07. The van der Waals surface area contributed by atoms with Gasteiger partial charge in [-0.25, -0.2) is 0 Å².